The highest BCUT2D eigenvalue weighted by Crippen LogP contribution is 2.25. The van der Waals surface area contributed by atoms with Crippen LogP contribution in [0, 0.1) is 6.92 Å². The fourth-order valence-corrected chi connectivity index (χ4v) is 2.54. The number of aryl methyl sites for hydroxylation is 1. The van der Waals surface area contributed by atoms with Gasteiger partial charge in [-0.25, -0.2) is 4.98 Å². The van der Waals surface area contributed by atoms with Gasteiger partial charge in [0.2, 0.25) is 5.13 Å². The van der Waals surface area contributed by atoms with Crippen LogP contribution in [0.4, 0.5) is 0 Å². The zero-order chi connectivity index (χ0) is 13.2. The Morgan fingerprint density at radius 1 is 1.42 bits per heavy atom. The maximum atomic E-state index is 9.39. The third kappa shape index (κ3) is 2.13. The Morgan fingerprint density at radius 2 is 2.32 bits per heavy atom. The molecule has 0 radical (unpaired) electrons. The van der Waals surface area contributed by atoms with Gasteiger partial charge in [-0.2, -0.15) is 4.68 Å². The van der Waals surface area contributed by atoms with Crippen molar-refractivity contribution in [3.05, 3.63) is 41.3 Å². The Labute approximate surface area is 113 Å². The molecule has 3 aromatic rings. The third-order valence-corrected chi connectivity index (χ3v) is 3.55. The predicted molar refractivity (Wildman–Crippen MR) is 70.9 cm³/mol. The van der Waals surface area contributed by atoms with E-state index in [1.165, 1.54) is 11.3 Å². The Morgan fingerprint density at radius 3 is 2.95 bits per heavy atom. The molecule has 7 heteroatoms. The van der Waals surface area contributed by atoms with Crippen molar-refractivity contribution in [2.75, 3.05) is 0 Å². The molecule has 96 valence electrons. The highest BCUT2D eigenvalue weighted by Gasteiger charge is 2.17. The van der Waals surface area contributed by atoms with E-state index >= 15 is 0 Å². The van der Waals surface area contributed by atoms with Crippen molar-refractivity contribution in [3.8, 4) is 16.4 Å². The summed E-state index contributed by atoms with van der Waals surface area (Å²) in [6.07, 6.45) is 3.42. The van der Waals surface area contributed by atoms with Crippen LogP contribution in [0.1, 0.15) is 11.4 Å². The van der Waals surface area contributed by atoms with E-state index in [1.807, 2.05) is 24.4 Å². The highest BCUT2D eigenvalue weighted by molar-refractivity contribution is 7.12. The van der Waals surface area contributed by atoms with Crippen LogP contribution >= 0.6 is 11.3 Å². The summed E-state index contributed by atoms with van der Waals surface area (Å²) >= 11 is 1.48. The van der Waals surface area contributed by atoms with Gasteiger partial charge in [-0.1, -0.05) is 5.21 Å². The van der Waals surface area contributed by atoms with E-state index in [4.69, 9.17) is 0 Å². The van der Waals surface area contributed by atoms with Crippen molar-refractivity contribution < 1.29 is 5.11 Å². The maximum Gasteiger partial charge on any atom is 0.212 e. The number of thiazole rings is 1. The predicted octanol–water partition coefficient (Wildman–Crippen LogP) is 1.59. The zero-order valence-corrected chi connectivity index (χ0v) is 11.0. The van der Waals surface area contributed by atoms with E-state index in [0.717, 1.165) is 22.1 Å². The topological polar surface area (TPSA) is 76.7 Å². The number of aliphatic hydroxyl groups excluding tert-OH is 1. The van der Waals surface area contributed by atoms with Crippen LogP contribution < -0.4 is 0 Å². The number of pyridine rings is 1. The Hall–Kier alpha value is -2.12. The van der Waals surface area contributed by atoms with Gasteiger partial charge in [-0.15, -0.1) is 16.4 Å². The summed E-state index contributed by atoms with van der Waals surface area (Å²) in [6, 6.07) is 3.74. The standard InChI is InChI=1S/C12H11N5OS/c1-8-7-19-12(14-8)17-11(10(6-18)15-16-17)9-3-2-4-13-5-9/h2-5,7,18H,6H2,1H3. The quantitative estimate of drug-likeness (QED) is 0.784. The first kappa shape index (κ1) is 11.9. The lowest BCUT2D eigenvalue weighted by Crippen LogP contribution is -2.00. The minimum Gasteiger partial charge on any atom is -0.390 e. The summed E-state index contributed by atoms with van der Waals surface area (Å²) < 4.78 is 1.64. The molecule has 0 saturated heterocycles. The SMILES string of the molecule is Cc1csc(-n2nnc(CO)c2-c2cccnc2)n1. The van der Waals surface area contributed by atoms with E-state index in [9.17, 15) is 5.11 Å². The highest BCUT2D eigenvalue weighted by atomic mass is 32.1. The van der Waals surface area contributed by atoms with Gasteiger partial charge >= 0.3 is 0 Å². The molecule has 0 atom stereocenters. The van der Waals surface area contributed by atoms with Crippen molar-refractivity contribution in [2.24, 2.45) is 0 Å². The van der Waals surface area contributed by atoms with Crippen LogP contribution in [0.25, 0.3) is 16.4 Å². The summed E-state index contributed by atoms with van der Waals surface area (Å²) in [5.74, 6) is 0. The molecule has 0 aliphatic heterocycles. The lowest BCUT2D eigenvalue weighted by Gasteiger charge is -2.04. The first-order chi connectivity index (χ1) is 9.29. The molecule has 3 heterocycles. The number of aromatic nitrogens is 5. The van der Waals surface area contributed by atoms with E-state index in [0.29, 0.717) is 5.69 Å². The molecule has 0 aliphatic carbocycles. The minimum atomic E-state index is -0.172. The summed E-state index contributed by atoms with van der Waals surface area (Å²) in [7, 11) is 0. The van der Waals surface area contributed by atoms with E-state index in [2.05, 4.69) is 20.3 Å². The van der Waals surface area contributed by atoms with Gasteiger partial charge in [-0.3, -0.25) is 4.98 Å². The summed E-state index contributed by atoms with van der Waals surface area (Å²) in [5, 5.41) is 20.1. The average molecular weight is 273 g/mol. The monoisotopic (exact) mass is 273 g/mol. The molecule has 19 heavy (non-hydrogen) atoms. The summed E-state index contributed by atoms with van der Waals surface area (Å²) in [6.45, 7) is 1.75. The molecular weight excluding hydrogens is 262 g/mol. The van der Waals surface area contributed by atoms with Crippen molar-refractivity contribution in [3.63, 3.8) is 0 Å². The van der Waals surface area contributed by atoms with Gasteiger partial charge in [0.25, 0.3) is 0 Å². The molecule has 0 bridgehead atoms. The fraction of sp³-hybridized carbons (Fsp3) is 0.167. The van der Waals surface area contributed by atoms with Gasteiger partial charge in [0.1, 0.15) is 11.4 Å². The zero-order valence-electron chi connectivity index (χ0n) is 10.2. The Bertz CT molecular complexity index is 691. The fourth-order valence-electron chi connectivity index (χ4n) is 1.78. The largest absolute Gasteiger partial charge is 0.390 e. The maximum absolute atomic E-state index is 9.39. The van der Waals surface area contributed by atoms with Crippen LogP contribution in [0.3, 0.4) is 0 Å². The van der Waals surface area contributed by atoms with Crippen LogP contribution in [0.15, 0.2) is 29.9 Å². The lowest BCUT2D eigenvalue weighted by atomic mass is 10.2. The summed E-state index contributed by atoms with van der Waals surface area (Å²) in [5.41, 5.74) is 3.02. The van der Waals surface area contributed by atoms with Gasteiger partial charge in [0.05, 0.1) is 12.3 Å². The molecule has 0 saturated carbocycles. The van der Waals surface area contributed by atoms with Crippen LogP contribution in [0.5, 0.6) is 0 Å². The van der Waals surface area contributed by atoms with Gasteiger partial charge < -0.3 is 5.11 Å². The minimum absolute atomic E-state index is 0.172. The normalized spacial score (nSPS) is 10.8. The van der Waals surface area contributed by atoms with Crippen molar-refractivity contribution in [2.45, 2.75) is 13.5 Å². The third-order valence-electron chi connectivity index (χ3n) is 2.61. The number of rotatable bonds is 3. The Balaban J connectivity index is 2.19. The van der Waals surface area contributed by atoms with Crippen molar-refractivity contribution >= 4 is 11.3 Å². The van der Waals surface area contributed by atoms with Crippen LogP contribution in [0.2, 0.25) is 0 Å². The number of hydrogen-bond donors (Lipinski definition) is 1. The van der Waals surface area contributed by atoms with Gasteiger partial charge in [0, 0.05) is 23.3 Å². The molecule has 3 rings (SSSR count). The smallest absolute Gasteiger partial charge is 0.212 e. The molecule has 0 fully saturated rings. The van der Waals surface area contributed by atoms with E-state index < -0.39 is 0 Å². The lowest BCUT2D eigenvalue weighted by molar-refractivity contribution is 0.277. The number of nitrogens with zero attached hydrogens (tertiary/aromatic N) is 5. The van der Waals surface area contributed by atoms with Gasteiger partial charge in [-0.05, 0) is 19.1 Å². The molecule has 0 aromatic carbocycles. The van der Waals surface area contributed by atoms with Crippen LogP contribution in [-0.4, -0.2) is 30.1 Å². The number of aliphatic hydroxyl groups is 1. The first-order valence-corrected chi connectivity index (χ1v) is 6.56. The van der Waals surface area contributed by atoms with Gasteiger partial charge in [0.15, 0.2) is 0 Å². The second-order valence-electron chi connectivity index (χ2n) is 3.97. The second-order valence-corrected chi connectivity index (χ2v) is 4.80. The molecule has 0 spiro atoms. The van der Waals surface area contributed by atoms with E-state index in [-0.39, 0.29) is 6.61 Å². The first-order valence-electron chi connectivity index (χ1n) is 5.68. The van der Waals surface area contributed by atoms with E-state index in [1.54, 1.807) is 17.1 Å². The van der Waals surface area contributed by atoms with Crippen molar-refractivity contribution in [1.29, 1.82) is 0 Å². The average Bonchev–Trinajstić information content (AvgIpc) is 3.05. The molecule has 1 N–H and O–H groups in total. The second kappa shape index (κ2) is 4.87. The van der Waals surface area contributed by atoms with Crippen LogP contribution in [-0.2, 0) is 6.61 Å². The molecule has 0 amide bonds. The molecule has 0 unspecified atom stereocenters. The summed E-state index contributed by atoms with van der Waals surface area (Å²) in [4.78, 5) is 8.48. The molecule has 6 nitrogen and oxygen atoms in total. The molecule has 0 aliphatic rings. The van der Waals surface area contributed by atoms with Crippen molar-refractivity contribution in [1.82, 2.24) is 25.0 Å². The Kier molecular flexibility index (Phi) is 3.06. The molecule has 3 aromatic heterocycles. The number of hydrogen-bond acceptors (Lipinski definition) is 6. The molecular formula is C12H11N5OS.